The van der Waals surface area contributed by atoms with Crippen molar-refractivity contribution in [2.75, 3.05) is 0 Å². The van der Waals surface area contributed by atoms with Crippen LogP contribution in [0.1, 0.15) is 0 Å². The van der Waals surface area contributed by atoms with Crippen molar-refractivity contribution in [3.63, 3.8) is 0 Å². The maximum absolute atomic E-state index is 5.40. The highest BCUT2D eigenvalue weighted by molar-refractivity contribution is 6.20. The number of para-hydroxylation sites is 2. The molecule has 0 atom stereocenters. The molecule has 4 heteroatoms. The van der Waals surface area contributed by atoms with Crippen molar-refractivity contribution in [1.29, 1.82) is 0 Å². The van der Waals surface area contributed by atoms with E-state index in [1.165, 1.54) is 27.2 Å². The lowest BCUT2D eigenvalue weighted by molar-refractivity contribution is 1.18. The summed E-state index contributed by atoms with van der Waals surface area (Å²) >= 11 is 0. The zero-order valence-electron chi connectivity index (χ0n) is 34.2. The molecule has 0 bridgehead atoms. The van der Waals surface area contributed by atoms with Gasteiger partial charge in [0.05, 0.1) is 33.6 Å². The van der Waals surface area contributed by atoms with Gasteiger partial charge in [0, 0.05) is 55.0 Å². The number of hydrogen-bond donors (Lipinski definition) is 0. The van der Waals surface area contributed by atoms with Gasteiger partial charge < -0.3 is 4.57 Å². The van der Waals surface area contributed by atoms with Crippen LogP contribution in [0.5, 0.6) is 0 Å². The summed E-state index contributed by atoms with van der Waals surface area (Å²) in [5.41, 5.74) is 15.7. The van der Waals surface area contributed by atoms with Gasteiger partial charge in [0.1, 0.15) is 0 Å². The van der Waals surface area contributed by atoms with Gasteiger partial charge in [-0.25, -0.2) is 15.0 Å². The lowest BCUT2D eigenvalue weighted by Crippen LogP contribution is -2.00. The van der Waals surface area contributed by atoms with Gasteiger partial charge in [-0.2, -0.15) is 0 Å². The molecular formula is C59H38N4. The van der Waals surface area contributed by atoms with Gasteiger partial charge in [-0.15, -0.1) is 0 Å². The van der Waals surface area contributed by atoms with Crippen LogP contribution in [-0.4, -0.2) is 19.5 Å². The Kier molecular flexibility index (Phi) is 8.79. The van der Waals surface area contributed by atoms with E-state index in [-0.39, 0.29) is 0 Å². The van der Waals surface area contributed by atoms with Crippen molar-refractivity contribution < 1.29 is 0 Å². The third-order valence-electron chi connectivity index (χ3n) is 12.2. The first kappa shape index (κ1) is 36.4. The molecule has 0 spiro atoms. The molecule has 0 N–H and O–H groups in total. The molecule has 12 aromatic rings. The Morgan fingerprint density at radius 1 is 0.270 bits per heavy atom. The van der Waals surface area contributed by atoms with Crippen molar-refractivity contribution in [2.24, 2.45) is 0 Å². The number of rotatable bonds is 7. The summed E-state index contributed by atoms with van der Waals surface area (Å²) in [6.45, 7) is 0. The average Bonchev–Trinajstić information content (AvgIpc) is 3.69. The van der Waals surface area contributed by atoms with Gasteiger partial charge in [0.25, 0.3) is 0 Å². The lowest BCUT2D eigenvalue weighted by atomic mass is 9.92. The number of hydrogen-bond acceptors (Lipinski definition) is 3. The van der Waals surface area contributed by atoms with Crippen molar-refractivity contribution >= 4 is 43.5 Å². The summed E-state index contributed by atoms with van der Waals surface area (Å²) in [6.07, 6.45) is 0. The van der Waals surface area contributed by atoms with E-state index in [1.807, 2.05) is 30.3 Å². The van der Waals surface area contributed by atoms with Crippen LogP contribution in [0.3, 0.4) is 0 Å². The minimum Gasteiger partial charge on any atom is -0.309 e. The number of aromatic nitrogens is 4. The van der Waals surface area contributed by atoms with Crippen molar-refractivity contribution in [3.05, 3.63) is 231 Å². The lowest BCUT2D eigenvalue weighted by Gasteiger charge is -2.17. The zero-order valence-corrected chi connectivity index (χ0v) is 34.2. The fourth-order valence-corrected chi connectivity index (χ4v) is 9.20. The number of fused-ring (bicyclic) bond motifs is 6. The van der Waals surface area contributed by atoms with E-state index >= 15 is 0 Å². The summed E-state index contributed by atoms with van der Waals surface area (Å²) in [5.74, 6) is 0.697. The Labute approximate surface area is 365 Å². The first-order valence-electron chi connectivity index (χ1n) is 21.4. The molecule has 3 heterocycles. The molecule has 0 aliphatic rings. The maximum atomic E-state index is 5.40. The van der Waals surface area contributed by atoms with E-state index in [2.05, 4.69) is 205 Å². The summed E-state index contributed by atoms with van der Waals surface area (Å²) in [5, 5.41) is 5.83. The standard InChI is InChI=1S/C59H38N4/c1-6-18-41(19-7-1)56-51-37-50-47-28-16-17-29-53(47)63(46-26-14-5-15-27-46)54(50)38-48(51)49-36-45(34-35-52(49)60-56)39-30-32-40(33-31-39)55-57(42-20-8-2-9-21-42)61-59(44-24-12-4-13-25-44)62-58(55)43-22-10-3-11-23-43/h1-38H. The molecule has 0 fully saturated rings. The Bertz CT molecular complexity index is 3560. The van der Waals surface area contributed by atoms with Crippen LogP contribution in [0.15, 0.2) is 231 Å². The summed E-state index contributed by atoms with van der Waals surface area (Å²) in [4.78, 5) is 16.0. The van der Waals surface area contributed by atoms with Gasteiger partial charge in [-0.1, -0.05) is 188 Å². The molecule has 294 valence electrons. The van der Waals surface area contributed by atoms with Gasteiger partial charge in [-0.3, -0.25) is 0 Å². The summed E-state index contributed by atoms with van der Waals surface area (Å²) in [6, 6.07) is 81.4. The predicted molar refractivity (Wildman–Crippen MR) is 262 cm³/mol. The van der Waals surface area contributed by atoms with Crippen molar-refractivity contribution in [1.82, 2.24) is 19.5 Å². The van der Waals surface area contributed by atoms with Crippen molar-refractivity contribution in [2.45, 2.75) is 0 Å². The van der Waals surface area contributed by atoms with Crippen LogP contribution in [0.25, 0.3) is 117 Å². The Morgan fingerprint density at radius 3 is 1.40 bits per heavy atom. The van der Waals surface area contributed by atoms with Crippen molar-refractivity contribution in [3.8, 4) is 73.1 Å². The average molecular weight is 803 g/mol. The highest BCUT2D eigenvalue weighted by Gasteiger charge is 2.21. The largest absolute Gasteiger partial charge is 0.309 e. The number of benzene rings is 9. The second kappa shape index (κ2) is 15.2. The van der Waals surface area contributed by atoms with E-state index in [9.17, 15) is 0 Å². The van der Waals surface area contributed by atoms with Crippen LogP contribution in [0.4, 0.5) is 0 Å². The topological polar surface area (TPSA) is 43.6 Å². The van der Waals surface area contributed by atoms with E-state index in [1.54, 1.807) is 0 Å². The first-order chi connectivity index (χ1) is 31.2. The van der Waals surface area contributed by atoms with Crippen LogP contribution in [0, 0.1) is 0 Å². The van der Waals surface area contributed by atoms with Crippen LogP contribution in [-0.2, 0) is 0 Å². The predicted octanol–water partition coefficient (Wildman–Crippen LogP) is 15.3. The molecule has 12 rings (SSSR count). The summed E-state index contributed by atoms with van der Waals surface area (Å²) < 4.78 is 2.39. The summed E-state index contributed by atoms with van der Waals surface area (Å²) in [7, 11) is 0. The molecule has 0 saturated heterocycles. The van der Waals surface area contributed by atoms with Gasteiger partial charge in [-0.05, 0) is 64.5 Å². The third-order valence-corrected chi connectivity index (χ3v) is 12.2. The fourth-order valence-electron chi connectivity index (χ4n) is 9.20. The molecule has 0 amide bonds. The molecule has 0 radical (unpaired) electrons. The van der Waals surface area contributed by atoms with E-state index in [4.69, 9.17) is 15.0 Å². The van der Waals surface area contributed by atoms with E-state index in [0.717, 1.165) is 83.6 Å². The minimum absolute atomic E-state index is 0.697. The molecule has 9 aromatic carbocycles. The van der Waals surface area contributed by atoms with Gasteiger partial charge >= 0.3 is 0 Å². The zero-order chi connectivity index (χ0) is 41.7. The van der Waals surface area contributed by atoms with E-state index in [0.29, 0.717) is 5.82 Å². The van der Waals surface area contributed by atoms with Gasteiger partial charge in [0.15, 0.2) is 5.82 Å². The molecule has 0 aliphatic carbocycles. The third kappa shape index (κ3) is 6.36. The van der Waals surface area contributed by atoms with Crippen LogP contribution >= 0.6 is 0 Å². The number of nitrogens with zero attached hydrogens (tertiary/aromatic N) is 4. The molecular weight excluding hydrogens is 765 g/mol. The Balaban J connectivity index is 1.05. The fraction of sp³-hybridized carbons (Fsp3) is 0. The second-order valence-electron chi connectivity index (χ2n) is 16.0. The Morgan fingerprint density at radius 2 is 0.778 bits per heavy atom. The van der Waals surface area contributed by atoms with Crippen LogP contribution < -0.4 is 0 Å². The van der Waals surface area contributed by atoms with Crippen LogP contribution in [0.2, 0.25) is 0 Å². The highest BCUT2D eigenvalue weighted by atomic mass is 15.0. The van der Waals surface area contributed by atoms with E-state index < -0.39 is 0 Å². The molecule has 0 unspecified atom stereocenters. The highest BCUT2D eigenvalue weighted by Crippen LogP contribution is 2.43. The maximum Gasteiger partial charge on any atom is 0.160 e. The second-order valence-corrected chi connectivity index (χ2v) is 16.0. The molecule has 4 nitrogen and oxygen atoms in total. The first-order valence-corrected chi connectivity index (χ1v) is 21.4. The molecule has 0 saturated carbocycles. The smallest absolute Gasteiger partial charge is 0.160 e. The van der Waals surface area contributed by atoms with Gasteiger partial charge in [0.2, 0.25) is 0 Å². The minimum atomic E-state index is 0.697. The molecule has 0 aliphatic heterocycles. The molecule has 63 heavy (non-hydrogen) atoms. The number of pyridine rings is 1. The molecule has 3 aromatic heterocycles. The Hall–Kier alpha value is -8.47. The SMILES string of the molecule is c1ccc(-c2nc(-c3ccccc3)c(-c3ccc(-c4ccc5nc(-c6ccccc6)c6cc7c8ccccc8n(-c8ccccc8)c7cc6c5c4)cc3)c(-c3ccccc3)n2)cc1. The quantitative estimate of drug-likeness (QED) is 0.151. The normalized spacial score (nSPS) is 11.5. The monoisotopic (exact) mass is 802 g/mol.